The molecule has 12 nitrogen and oxygen atoms in total. The van der Waals surface area contributed by atoms with Crippen LogP contribution in [0.3, 0.4) is 0 Å². The van der Waals surface area contributed by atoms with E-state index in [1.54, 1.807) is 0 Å². The highest BCUT2D eigenvalue weighted by atomic mass is 16.5. The molecule has 0 radical (unpaired) electrons. The highest BCUT2D eigenvalue weighted by molar-refractivity contribution is 5.69. The van der Waals surface area contributed by atoms with Crippen LogP contribution in [0.5, 0.6) is 0 Å². The Morgan fingerprint density at radius 3 is 1.60 bits per heavy atom. The first kappa shape index (κ1) is 20.3. The summed E-state index contributed by atoms with van der Waals surface area (Å²) in [6, 6.07) is 0. The third-order valence-electron chi connectivity index (χ3n) is 3.07. The third-order valence-corrected chi connectivity index (χ3v) is 3.07. The molecule has 0 aliphatic heterocycles. The zero-order valence-corrected chi connectivity index (χ0v) is 14.1. The highest BCUT2D eigenvalue weighted by Gasteiger charge is 2.19. The lowest BCUT2D eigenvalue weighted by atomic mass is 10.6. The van der Waals surface area contributed by atoms with Crippen LogP contribution in [0.2, 0.25) is 0 Å². The first-order chi connectivity index (χ1) is 11.9. The molecule has 25 heavy (non-hydrogen) atoms. The minimum Gasteiger partial charge on any atom is -0.468 e. The Bertz CT molecular complexity index is 733. The predicted molar refractivity (Wildman–Crippen MR) is 81.1 cm³/mol. The molecule has 12 heteroatoms. The summed E-state index contributed by atoms with van der Waals surface area (Å²) in [5.74, 6) is -1.76. The summed E-state index contributed by atoms with van der Waals surface area (Å²) in [4.78, 5) is 59.7. The molecule has 0 aromatic carbocycles. The first-order valence-electron chi connectivity index (χ1n) is 7.02. The maximum Gasteiger partial charge on any atom is 0.338 e. The van der Waals surface area contributed by atoms with E-state index in [9.17, 15) is 24.0 Å². The SMILES string of the molecule is COCCOCn1c(=O)n(CC(=O)OC)c(=O)n(CC(=O)OC)c1=O. The molecule has 0 bridgehead atoms. The Hall–Kier alpha value is -2.73. The van der Waals surface area contributed by atoms with Gasteiger partial charge in [0, 0.05) is 7.11 Å². The summed E-state index contributed by atoms with van der Waals surface area (Å²) in [6.07, 6.45) is 0. The van der Waals surface area contributed by atoms with Gasteiger partial charge in [-0.05, 0) is 0 Å². The summed E-state index contributed by atoms with van der Waals surface area (Å²) in [6.45, 7) is -1.66. The molecule has 1 aromatic heterocycles. The van der Waals surface area contributed by atoms with Crippen molar-refractivity contribution in [2.24, 2.45) is 0 Å². The molecule has 0 aliphatic rings. The predicted octanol–water partition coefficient (Wildman–Crippen LogP) is -2.86. The molecular formula is C13H19N3O9. The quantitative estimate of drug-likeness (QED) is 0.336. The zero-order chi connectivity index (χ0) is 19.0. The number of methoxy groups -OCH3 is 3. The van der Waals surface area contributed by atoms with Gasteiger partial charge >= 0.3 is 29.0 Å². The molecule has 0 aliphatic carbocycles. The second kappa shape index (κ2) is 9.54. The van der Waals surface area contributed by atoms with E-state index >= 15 is 0 Å². The maximum atomic E-state index is 12.3. The van der Waals surface area contributed by atoms with Crippen molar-refractivity contribution in [3.8, 4) is 0 Å². The molecule has 0 fully saturated rings. The van der Waals surface area contributed by atoms with Crippen molar-refractivity contribution >= 4 is 11.9 Å². The molecule has 0 atom stereocenters. The largest absolute Gasteiger partial charge is 0.468 e. The Morgan fingerprint density at radius 2 is 1.20 bits per heavy atom. The van der Waals surface area contributed by atoms with E-state index in [0.717, 1.165) is 14.2 Å². The average molecular weight is 361 g/mol. The molecule has 0 amide bonds. The van der Waals surface area contributed by atoms with E-state index in [1.807, 2.05) is 0 Å². The molecule has 1 rings (SSSR count). The first-order valence-corrected chi connectivity index (χ1v) is 7.02. The minimum absolute atomic E-state index is 0.0789. The number of aromatic nitrogens is 3. The van der Waals surface area contributed by atoms with Crippen molar-refractivity contribution in [3.05, 3.63) is 31.5 Å². The summed E-state index contributed by atoms with van der Waals surface area (Å²) >= 11 is 0. The second-order valence-electron chi connectivity index (χ2n) is 4.63. The van der Waals surface area contributed by atoms with E-state index in [0.29, 0.717) is 13.7 Å². The van der Waals surface area contributed by atoms with Crippen molar-refractivity contribution in [1.29, 1.82) is 0 Å². The van der Waals surface area contributed by atoms with Gasteiger partial charge < -0.3 is 18.9 Å². The Morgan fingerprint density at radius 1 is 0.760 bits per heavy atom. The van der Waals surface area contributed by atoms with E-state index in [2.05, 4.69) is 9.47 Å². The normalized spacial score (nSPS) is 10.5. The van der Waals surface area contributed by atoms with Gasteiger partial charge in [0.15, 0.2) is 0 Å². The van der Waals surface area contributed by atoms with Gasteiger partial charge in [-0.2, -0.15) is 0 Å². The zero-order valence-electron chi connectivity index (χ0n) is 14.1. The molecule has 140 valence electrons. The van der Waals surface area contributed by atoms with E-state index < -0.39 is 48.8 Å². The van der Waals surface area contributed by atoms with Gasteiger partial charge in [-0.1, -0.05) is 0 Å². The fourth-order valence-corrected chi connectivity index (χ4v) is 1.75. The fraction of sp³-hybridized carbons (Fsp3) is 0.615. The van der Waals surface area contributed by atoms with Crippen LogP contribution < -0.4 is 17.1 Å². The molecular weight excluding hydrogens is 342 g/mol. The number of carbonyl (C=O) groups excluding carboxylic acids is 2. The van der Waals surface area contributed by atoms with Crippen molar-refractivity contribution in [3.63, 3.8) is 0 Å². The smallest absolute Gasteiger partial charge is 0.338 e. The monoisotopic (exact) mass is 361 g/mol. The molecule has 0 unspecified atom stereocenters. The van der Waals surface area contributed by atoms with Crippen LogP contribution in [0.25, 0.3) is 0 Å². The molecule has 0 saturated heterocycles. The maximum absolute atomic E-state index is 12.3. The van der Waals surface area contributed by atoms with Gasteiger partial charge in [0.25, 0.3) is 0 Å². The van der Waals surface area contributed by atoms with Crippen LogP contribution in [-0.2, 0) is 48.4 Å². The standard InChI is InChI=1S/C13H19N3O9/c1-22-4-5-25-8-16-12(20)14(6-9(17)23-2)11(19)15(13(16)21)7-10(18)24-3/h4-8H2,1-3H3. The summed E-state index contributed by atoms with van der Waals surface area (Å²) in [7, 11) is 3.59. The Balaban J connectivity index is 3.40. The number of rotatable bonds is 9. The van der Waals surface area contributed by atoms with Crippen LogP contribution in [0.15, 0.2) is 14.4 Å². The molecule has 0 spiro atoms. The molecule has 1 heterocycles. The minimum atomic E-state index is -1.14. The van der Waals surface area contributed by atoms with Crippen molar-refractivity contribution in [2.75, 3.05) is 34.5 Å². The lowest BCUT2D eigenvalue weighted by Crippen LogP contribution is -2.56. The Kier molecular flexibility index (Phi) is 7.75. The lowest BCUT2D eigenvalue weighted by Gasteiger charge is -2.13. The number of ether oxygens (including phenoxy) is 4. The molecule has 0 N–H and O–H groups in total. The number of nitrogens with zero attached hydrogens (tertiary/aromatic N) is 3. The van der Waals surface area contributed by atoms with Gasteiger partial charge in [0.2, 0.25) is 0 Å². The topological polar surface area (TPSA) is 137 Å². The second-order valence-corrected chi connectivity index (χ2v) is 4.63. The summed E-state index contributed by atoms with van der Waals surface area (Å²) in [5, 5.41) is 0. The van der Waals surface area contributed by atoms with Crippen molar-refractivity contribution in [2.45, 2.75) is 19.8 Å². The van der Waals surface area contributed by atoms with Gasteiger partial charge in [-0.25, -0.2) is 28.1 Å². The van der Waals surface area contributed by atoms with E-state index in [4.69, 9.17) is 9.47 Å². The van der Waals surface area contributed by atoms with Gasteiger partial charge in [-0.3, -0.25) is 9.59 Å². The molecule has 0 saturated carbocycles. The molecule has 1 aromatic rings. The number of esters is 2. The van der Waals surface area contributed by atoms with Crippen LogP contribution in [0, 0.1) is 0 Å². The van der Waals surface area contributed by atoms with Crippen LogP contribution >= 0.6 is 0 Å². The highest BCUT2D eigenvalue weighted by Crippen LogP contribution is 1.84. The van der Waals surface area contributed by atoms with E-state index in [1.165, 1.54) is 7.11 Å². The van der Waals surface area contributed by atoms with Crippen LogP contribution in [-0.4, -0.2) is 60.2 Å². The summed E-state index contributed by atoms with van der Waals surface area (Å²) < 4.78 is 20.2. The summed E-state index contributed by atoms with van der Waals surface area (Å²) in [5.41, 5.74) is -3.28. The van der Waals surface area contributed by atoms with Gasteiger partial charge in [-0.15, -0.1) is 0 Å². The van der Waals surface area contributed by atoms with Gasteiger partial charge in [0.05, 0.1) is 27.4 Å². The number of carbonyl (C=O) groups is 2. The van der Waals surface area contributed by atoms with E-state index in [-0.39, 0.29) is 13.2 Å². The lowest BCUT2D eigenvalue weighted by molar-refractivity contribution is -0.141. The van der Waals surface area contributed by atoms with Crippen molar-refractivity contribution < 1.29 is 28.5 Å². The average Bonchev–Trinajstić information content (AvgIpc) is 2.61. The van der Waals surface area contributed by atoms with Crippen molar-refractivity contribution in [1.82, 2.24) is 13.7 Å². The van der Waals surface area contributed by atoms with Gasteiger partial charge in [0.1, 0.15) is 19.8 Å². The number of hydrogen-bond acceptors (Lipinski definition) is 9. The fourth-order valence-electron chi connectivity index (χ4n) is 1.75. The van der Waals surface area contributed by atoms with Crippen LogP contribution in [0.1, 0.15) is 0 Å². The van der Waals surface area contributed by atoms with Crippen LogP contribution in [0.4, 0.5) is 0 Å². The number of hydrogen-bond donors (Lipinski definition) is 0. The third kappa shape index (κ3) is 5.12. The Labute approximate surface area is 141 Å².